The van der Waals surface area contributed by atoms with Gasteiger partial charge in [0.2, 0.25) is 0 Å². The maximum Gasteiger partial charge on any atom is 0.147 e. The van der Waals surface area contributed by atoms with Crippen molar-refractivity contribution in [1.82, 2.24) is 4.90 Å². The van der Waals surface area contributed by atoms with Crippen molar-refractivity contribution in [1.29, 1.82) is 0 Å². The Bertz CT molecular complexity index is 198. The fourth-order valence-corrected chi connectivity index (χ4v) is 2.05. The van der Waals surface area contributed by atoms with E-state index in [4.69, 9.17) is 0 Å². The minimum absolute atomic E-state index is 0.0832. The molecule has 1 unspecified atom stereocenters. The van der Waals surface area contributed by atoms with Crippen molar-refractivity contribution >= 4 is 21.7 Å². The number of likely N-dealkylation sites (tertiary alicyclic amines) is 1. The zero-order chi connectivity index (χ0) is 10.1. The van der Waals surface area contributed by atoms with E-state index in [1.807, 2.05) is 0 Å². The molecular weight excluding hydrogens is 230 g/mol. The second-order valence-electron chi connectivity index (χ2n) is 4.63. The van der Waals surface area contributed by atoms with Gasteiger partial charge in [0.25, 0.3) is 0 Å². The highest BCUT2D eigenvalue weighted by molar-refractivity contribution is 9.10. The summed E-state index contributed by atoms with van der Waals surface area (Å²) < 4.78 is 0. The van der Waals surface area contributed by atoms with E-state index < -0.39 is 0 Å². The SMILES string of the molecule is CC(C)(C)N1CCC(=O)C(Br)CC1. The normalized spacial score (nSPS) is 27.4. The summed E-state index contributed by atoms with van der Waals surface area (Å²) in [5.41, 5.74) is 0.192. The summed E-state index contributed by atoms with van der Waals surface area (Å²) in [5.74, 6) is 0.353. The number of rotatable bonds is 0. The van der Waals surface area contributed by atoms with Gasteiger partial charge in [0.15, 0.2) is 0 Å². The van der Waals surface area contributed by atoms with Crippen molar-refractivity contribution in [3.63, 3.8) is 0 Å². The Labute approximate surface area is 88.8 Å². The molecule has 1 fully saturated rings. The fraction of sp³-hybridized carbons (Fsp3) is 0.900. The molecule has 3 heteroatoms. The quantitative estimate of drug-likeness (QED) is 0.612. The molecule has 76 valence electrons. The van der Waals surface area contributed by atoms with Crippen LogP contribution in [0.15, 0.2) is 0 Å². The molecule has 0 radical (unpaired) electrons. The number of halogens is 1. The van der Waals surface area contributed by atoms with Crippen LogP contribution in [0.5, 0.6) is 0 Å². The van der Waals surface area contributed by atoms with Crippen LogP contribution in [0.25, 0.3) is 0 Å². The number of Topliss-reactive ketones (excluding diaryl/α,β-unsaturated/α-hetero) is 1. The van der Waals surface area contributed by atoms with E-state index >= 15 is 0 Å². The molecule has 2 nitrogen and oxygen atoms in total. The molecule has 0 saturated carbocycles. The van der Waals surface area contributed by atoms with Crippen LogP contribution in [0.2, 0.25) is 0 Å². The van der Waals surface area contributed by atoms with Gasteiger partial charge in [0, 0.05) is 25.0 Å². The van der Waals surface area contributed by atoms with Crippen molar-refractivity contribution in [2.24, 2.45) is 0 Å². The van der Waals surface area contributed by atoms with Gasteiger partial charge in [0.1, 0.15) is 5.78 Å². The Morgan fingerprint density at radius 1 is 1.38 bits per heavy atom. The minimum Gasteiger partial charge on any atom is -0.298 e. The van der Waals surface area contributed by atoms with Crippen LogP contribution in [-0.2, 0) is 4.79 Å². The molecule has 1 heterocycles. The first kappa shape index (κ1) is 11.2. The molecule has 1 aliphatic rings. The number of carbonyl (C=O) groups is 1. The van der Waals surface area contributed by atoms with Gasteiger partial charge in [-0.3, -0.25) is 9.69 Å². The summed E-state index contributed by atoms with van der Waals surface area (Å²) >= 11 is 3.42. The van der Waals surface area contributed by atoms with E-state index in [1.165, 1.54) is 0 Å². The Morgan fingerprint density at radius 3 is 2.54 bits per heavy atom. The molecule has 0 amide bonds. The number of ketones is 1. The third kappa shape index (κ3) is 3.06. The van der Waals surface area contributed by atoms with E-state index in [9.17, 15) is 4.79 Å². The topological polar surface area (TPSA) is 20.3 Å². The van der Waals surface area contributed by atoms with E-state index in [2.05, 4.69) is 41.6 Å². The molecule has 0 spiro atoms. The summed E-state index contributed by atoms with van der Waals surface area (Å²) in [6, 6.07) is 0. The molecular formula is C10H18BrNO. The third-order valence-electron chi connectivity index (χ3n) is 2.58. The van der Waals surface area contributed by atoms with E-state index in [0.717, 1.165) is 19.5 Å². The standard InChI is InChI=1S/C10H18BrNO/c1-10(2,3)12-6-4-8(11)9(13)5-7-12/h8H,4-7H2,1-3H3. The minimum atomic E-state index is 0.0832. The van der Waals surface area contributed by atoms with E-state index in [-0.39, 0.29) is 10.4 Å². The molecule has 1 rings (SSSR count). The molecule has 1 aliphatic heterocycles. The predicted molar refractivity (Wildman–Crippen MR) is 58.3 cm³/mol. The Balaban J connectivity index is 2.59. The summed E-state index contributed by atoms with van der Waals surface area (Å²) in [6.07, 6.45) is 1.63. The van der Waals surface area contributed by atoms with Crippen LogP contribution in [-0.4, -0.2) is 34.1 Å². The molecule has 13 heavy (non-hydrogen) atoms. The van der Waals surface area contributed by atoms with Crippen LogP contribution in [0.1, 0.15) is 33.6 Å². The fourth-order valence-electron chi connectivity index (χ4n) is 1.61. The van der Waals surface area contributed by atoms with Crippen LogP contribution in [0.3, 0.4) is 0 Å². The van der Waals surface area contributed by atoms with E-state index in [0.29, 0.717) is 12.2 Å². The van der Waals surface area contributed by atoms with Gasteiger partial charge < -0.3 is 0 Å². The maximum absolute atomic E-state index is 11.4. The molecule has 0 bridgehead atoms. The molecule has 1 saturated heterocycles. The van der Waals surface area contributed by atoms with Crippen molar-refractivity contribution in [2.45, 2.75) is 44.0 Å². The van der Waals surface area contributed by atoms with Crippen LogP contribution in [0.4, 0.5) is 0 Å². The first-order valence-corrected chi connectivity index (χ1v) is 5.74. The highest BCUT2D eigenvalue weighted by Crippen LogP contribution is 2.21. The Morgan fingerprint density at radius 2 is 2.00 bits per heavy atom. The van der Waals surface area contributed by atoms with Crippen LogP contribution in [0, 0.1) is 0 Å². The summed E-state index contributed by atoms with van der Waals surface area (Å²) in [7, 11) is 0. The van der Waals surface area contributed by atoms with Gasteiger partial charge >= 0.3 is 0 Å². The highest BCUT2D eigenvalue weighted by atomic mass is 79.9. The van der Waals surface area contributed by atoms with Crippen molar-refractivity contribution < 1.29 is 4.79 Å². The molecule has 0 N–H and O–H groups in total. The van der Waals surface area contributed by atoms with Gasteiger partial charge in [0.05, 0.1) is 4.83 Å². The van der Waals surface area contributed by atoms with Gasteiger partial charge in [-0.2, -0.15) is 0 Å². The lowest BCUT2D eigenvalue weighted by Gasteiger charge is -2.34. The third-order valence-corrected chi connectivity index (χ3v) is 3.55. The highest BCUT2D eigenvalue weighted by Gasteiger charge is 2.27. The summed E-state index contributed by atoms with van der Waals surface area (Å²) in [6.45, 7) is 8.53. The average molecular weight is 248 g/mol. The van der Waals surface area contributed by atoms with Gasteiger partial charge in [-0.25, -0.2) is 0 Å². The van der Waals surface area contributed by atoms with Gasteiger partial charge in [-0.05, 0) is 27.2 Å². The van der Waals surface area contributed by atoms with Crippen molar-refractivity contribution in [3.05, 3.63) is 0 Å². The lowest BCUT2D eigenvalue weighted by molar-refractivity contribution is -0.118. The number of hydrogen-bond donors (Lipinski definition) is 0. The average Bonchev–Trinajstić information content (AvgIpc) is 2.14. The van der Waals surface area contributed by atoms with E-state index in [1.54, 1.807) is 0 Å². The zero-order valence-corrected chi connectivity index (χ0v) is 10.2. The second-order valence-corrected chi connectivity index (χ2v) is 5.74. The molecule has 0 aliphatic carbocycles. The number of hydrogen-bond acceptors (Lipinski definition) is 2. The number of nitrogens with zero attached hydrogens (tertiary/aromatic N) is 1. The van der Waals surface area contributed by atoms with Gasteiger partial charge in [-0.1, -0.05) is 15.9 Å². The second kappa shape index (κ2) is 4.09. The van der Waals surface area contributed by atoms with Crippen molar-refractivity contribution in [3.8, 4) is 0 Å². The number of alkyl halides is 1. The molecule has 1 atom stereocenters. The summed E-state index contributed by atoms with van der Waals surface area (Å²) in [4.78, 5) is 13.9. The Hall–Kier alpha value is 0.110. The van der Waals surface area contributed by atoms with Crippen LogP contribution >= 0.6 is 15.9 Å². The lowest BCUT2D eigenvalue weighted by atomic mass is 10.1. The van der Waals surface area contributed by atoms with Crippen molar-refractivity contribution in [2.75, 3.05) is 13.1 Å². The van der Waals surface area contributed by atoms with Crippen LogP contribution < -0.4 is 0 Å². The maximum atomic E-state index is 11.4. The Kier molecular flexibility index (Phi) is 3.52. The molecule has 0 aromatic rings. The molecule has 0 aromatic carbocycles. The predicted octanol–water partition coefficient (Wildman–Crippen LogP) is 2.21. The smallest absolute Gasteiger partial charge is 0.147 e. The molecule has 0 aromatic heterocycles. The first-order valence-electron chi connectivity index (χ1n) is 4.83. The van der Waals surface area contributed by atoms with Gasteiger partial charge in [-0.15, -0.1) is 0 Å². The zero-order valence-electron chi connectivity index (χ0n) is 8.64. The lowest BCUT2D eigenvalue weighted by Crippen LogP contribution is -2.41. The number of carbonyl (C=O) groups excluding carboxylic acids is 1. The first-order chi connectivity index (χ1) is 5.91. The largest absolute Gasteiger partial charge is 0.298 e. The monoisotopic (exact) mass is 247 g/mol. The summed E-state index contributed by atoms with van der Waals surface area (Å²) in [5, 5.41) is 0.